The van der Waals surface area contributed by atoms with E-state index in [2.05, 4.69) is 5.32 Å². The second-order valence-corrected chi connectivity index (χ2v) is 7.61. The second-order valence-electron chi connectivity index (χ2n) is 7.23. The number of aryl methyl sites for hydroxylation is 2. The summed E-state index contributed by atoms with van der Waals surface area (Å²) in [5.74, 6) is 0.369. The number of carbonyl (C=O) groups excluding carboxylic acids is 2. The lowest BCUT2D eigenvalue weighted by Gasteiger charge is -2.29. The molecular formula is C25H20N2O3S. The Balaban J connectivity index is 1.62. The molecule has 0 radical (unpaired) electrons. The van der Waals surface area contributed by atoms with Crippen LogP contribution < -0.4 is 15.0 Å². The second kappa shape index (κ2) is 8.53. The highest BCUT2D eigenvalue weighted by atomic mass is 32.1. The van der Waals surface area contributed by atoms with E-state index in [9.17, 15) is 9.59 Å². The average Bonchev–Trinajstić information content (AvgIpc) is 2.75. The first-order chi connectivity index (χ1) is 14.9. The molecule has 154 valence electrons. The summed E-state index contributed by atoms with van der Waals surface area (Å²) >= 11 is 5.28. The number of nitrogens with one attached hydrogen (secondary N) is 1. The zero-order valence-electron chi connectivity index (χ0n) is 17.1. The summed E-state index contributed by atoms with van der Waals surface area (Å²) < 4.78 is 5.80. The molecule has 1 aliphatic rings. The Labute approximate surface area is 186 Å². The van der Waals surface area contributed by atoms with Crippen LogP contribution in [0.3, 0.4) is 0 Å². The number of nitrogens with zero attached hydrogens (tertiary/aromatic N) is 1. The Morgan fingerprint density at radius 3 is 2.29 bits per heavy atom. The molecule has 1 heterocycles. The molecule has 4 rings (SSSR count). The molecule has 3 aromatic rings. The third-order valence-corrected chi connectivity index (χ3v) is 5.19. The number of carbonyl (C=O) groups is 2. The number of thiocarbonyl (C=S) groups is 1. The van der Waals surface area contributed by atoms with Gasteiger partial charge in [-0.05, 0) is 79.7 Å². The standard InChI is InChI=1S/C25H20N2O3S/c1-16-8-9-17(2)18(14-16)15-22-23(28)26-25(31)27(24(22)29)19-10-12-21(13-11-19)30-20-6-4-3-5-7-20/h3-15H,1-2H3,(H,26,28,31)/b22-15+. The van der Waals surface area contributed by atoms with E-state index in [1.807, 2.05) is 62.4 Å². The quantitative estimate of drug-likeness (QED) is 0.364. The zero-order valence-corrected chi connectivity index (χ0v) is 17.9. The van der Waals surface area contributed by atoms with Crippen molar-refractivity contribution in [2.24, 2.45) is 0 Å². The summed E-state index contributed by atoms with van der Waals surface area (Å²) in [6.07, 6.45) is 1.61. The molecule has 1 saturated heterocycles. The Hall–Kier alpha value is -3.77. The Morgan fingerprint density at radius 2 is 1.58 bits per heavy atom. The van der Waals surface area contributed by atoms with Gasteiger partial charge in [0.05, 0.1) is 5.69 Å². The largest absolute Gasteiger partial charge is 0.457 e. The highest BCUT2D eigenvalue weighted by Crippen LogP contribution is 2.27. The van der Waals surface area contributed by atoms with Crippen molar-refractivity contribution in [3.63, 3.8) is 0 Å². The average molecular weight is 429 g/mol. The van der Waals surface area contributed by atoms with Crippen LogP contribution in [-0.4, -0.2) is 16.9 Å². The molecule has 0 saturated carbocycles. The van der Waals surface area contributed by atoms with Gasteiger partial charge in [-0.3, -0.25) is 19.8 Å². The first kappa shape index (κ1) is 20.5. The SMILES string of the molecule is Cc1ccc(C)c(/C=C2\C(=O)NC(=S)N(c3ccc(Oc4ccccc4)cc3)C2=O)c1. The number of amides is 2. The number of anilines is 1. The molecule has 1 N–H and O–H groups in total. The van der Waals surface area contributed by atoms with E-state index in [0.717, 1.165) is 16.7 Å². The van der Waals surface area contributed by atoms with Gasteiger partial charge in [-0.2, -0.15) is 0 Å². The number of hydrogen-bond donors (Lipinski definition) is 1. The fourth-order valence-electron chi connectivity index (χ4n) is 3.25. The maximum atomic E-state index is 13.2. The van der Waals surface area contributed by atoms with Crippen LogP contribution >= 0.6 is 12.2 Å². The van der Waals surface area contributed by atoms with Crippen molar-refractivity contribution in [2.45, 2.75) is 13.8 Å². The van der Waals surface area contributed by atoms with Crippen LogP contribution in [-0.2, 0) is 9.59 Å². The van der Waals surface area contributed by atoms with Gasteiger partial charge in [-0.1, -0.05) is 42.0 Å². The topological polar surface area (TPSA) is 58.6 Å². The molecule has 0 spiro atoms. The van der Waals surface area contributed by atoms with Gasteiger partial charge in [0.25, 0.3) is 11.8 Å². The molecule has 31 heavy (non-hydrogen) atoms. The van der Waals surface area contributed by atoms with Crippen LogP contribution in [0.1, 0.15) is 16.7 Å². The van der Waals surface area contributed by atoms with Crippen molar-refractivity contribution in [1.82, 2.24) is 5.32 Å². The highest BCUT2D eigenvalue weighted by molar-refractivity contribution is 7.80. The minimum atomic E-state index is -0.504. The number of para-hydroxylation sites is 1. The predicted molar refractivity (Wildman–Crippen MR) is 125 cm³/mol. The third kappa shape index (κ3) is 4.39. The maximum absolute atomic E-state index is 13.2. The zero-order chi connectivity index (χ0) is 22.0. The summed E-state index contributed by atoms with van der Waals surface area (Å²) in [4.78, 5) is 27.0. The van der Waals surface area contributed by atoms with Crippen LogP contribution in [0.25, 0.3) is 6.08 Å². The minimum absolute atomic E-state index is 0.0342. The van der Waals surface area contributed by atoms with E-state index in [0.29, 0.717) is 17.2 Å². The Kier molecular flexibility index (Phi) is 5.64. The molecule has 0 bridgehead atoms. The van der Waals surface area contributed by atoms with Crippen molar-refractivity contribution in [1.29, 1.82) is 0 Å². The summed E-state index contributed by atoms with van der Waals surface area (Å²) in [5, 5.41) is 2.66. The summed E-state index contributed by atoms with van der Waals surface area (Å²) in [5.41, 5.74) is 3.41. The summed E-state index contributed by atoms with van der Waals surface area (Å²) in [6, 6.07) is 22.3. The van der Waals surface area contributed by atoms with Gasteiger partial charge in [0.15, 0.2) is 5.11 Å². The van der Waals surface area contributed by atoms with Crippen molar-refractivity contribution in [2.75, 3.05) is 4.90 Å². The van der Waals surface area contributed by atoms with Crippen LogP contribution in [0.15, 0.2) is 78.4 Å². The van der Waals surface area contributed by atoms with Gasteiger partial charge >= 0.3 is 0 Å². The number of ether oxygens (including phenoxy) is 1. The lowest BCUT2D eigenvalue weighted by molar-refractivity contribution is -0.122. The lowest BCUT2D eigenvalue weighted by Crippen LogP contribution is -2.54. The monoisotopic (exact) mass is 428 g/mol. The van der Waals surface area contributed by atoms with E-state index in [4.69, 9.17) is 17.0 Å². The fourth-order valence-corrected chi connectivity index (χ4v) is 3.53. The molecule has 1 fully saturated rings. The maximum Gasteiger partial charge on any atom is 0.270 e. The molecular weight excluding hydrogens is 408 g/mol. The van der Waals surface area contributed by atoms with E-state index in [1.165, 1.54) is 4.90 Å². The van der Waals surface area contributed by atoms with Crippen molar-refractivity contribution in [3.8, 4) is 11.5 Å². The van der Waals surface area contributed by atoms with Gasteiger partial charge in [-0.25, -0.2) is 0 Å². The normalized spacial score (nSPS) is 15.2. The van der Waals surface area contributed by atoms with Gasteiger partial charge in [0.2, 0.25) is 0 Å². The van der Waals surface area contributed by atoms with E-state index >= 15 is 0 Å². The Morgan fingerprint density at radius 1 is 0.903 bits per heavy atom. The van der Waals surface area contributed by atoms with E-state index in [-0.39, 0.29) is 10.7 Å². The fraction of sp³-hybridized carbons (Fsp3) is 0.0800. The first-order valence-corrected chi connectivity index (χ1v) is 10.1. The molecule has 2 amide bonds. The molecule has 1 aliphatic heterocycles. The van der Waals surface area contributed by atoms with Crippen molar-refractivity contribution >= 4 is 40.9 Å². The Bertz CT molecular complexity index is 1200. The summed E-state index contributed by atoms with van der Waals surface area (Å²) in [7, 11) is 0. The first-order valence-electron chi connectivity index (χ1n) is 9.74. The molecule has 0 aliphatic carbocycles. The molecule has 5 nitrogen and oxygen atoms in total. The van der Waals surface area contributed by atoms with Crippen molar-refractivity contribution in [3.05, 3.63) is 95.1 Å². The summed E-state index contributed by atoms with van der Waals surface area (Å²) in [6.45, 7) is 3.90. The smallest absolute Gasteiger partial charge is 0.270 e. The van der Waals surface area contributed by atoms with Gasteiger partial charge in [0, 0.05) is 0 Å². The van der Waals surface area contributed by atoms with Crippen molar-refractivity contribution < 1.29 is 14.3 Å². The molecule has 0 unspecified atom stereocenters. The number of benzene rings is 3. The van der Waals surface area contributed by atoms with E-state index < -0.39 is 11.8 Å². The van der Waals surface area contributed by atoms with Gasteiger partial charge in [0.1, 0.15) is 17.1 Å². The number of rotatable bonds is 4. The molecule has 0 atom stereocenters. The molecule has 0 aromatic heterocycles. The van der Waals surface area contributed by atoms with Crippen LogP contribution in [0.2, 0.25) is 0 Å². The molecule has 3 aromatic carbocycles. The minimum Gasteiger partial charge on any atom is -0.457 e. The van der Waals surface area contributed by atoms with Crippen LogP contribution in [0.4, 0.5) is 5.69 Å². The van der Waals surface area contributed by atoms with Gasteiger partial charge in [-0.15, -0.1) is 0 Å². The lowest BCUT2D eigenvalue weighted by atomic mass is 10.0. The van der Waals surface area contributed by atoms with Gasteiger partial charge < -0.3 is 4.74 Å². The third-order valence-electron chi connectivity index (χ3n) is 4.91. The molecule has 6 heteroatoms. The van der Waals surface area contributed by atoms with E-state index in [1.54, 1.807) is 30.3 Å². The van der Waals surface area contributed by atoms with Crippen LogP contribution in [0.5, 0.6) is 11.5 Å². The highest BCUT2D eigenvalue weighted by Gasteiger charge is 2.34. The predicted octanol–water partition coefficient (Wildman–Crippen LogP) is 4.93. The van der Waals surface area contributed by atoms with Crippen LogP contribution in [0, 0.1) is 13.8 Å². The number of hydrogen-bond acceptors (Lipinski definition) is 4.